The summed E-state index contributed by atoms with van der Waals surface area (Å²) in [5.41, 5.74) is -0.348. The summed E-state index contributed by atoms with van der Waals surface area (Å²) in [5, 5.41) is 4.25. The third-order valence-corrected chi connectivity index (χ3v) is 6.05. The van der Waals surface area contributed by atoms with Gasteiger partial charge >= 0.3 is 0 Å². The molecule has 2 fully saturated rings. The average molecular weight is 298 g/mol. The summed E-state index contributed by atoms with van der Waals surface area (Å²) in [4.78, 5) is 14.9. The van der Waals surface area contributed by atoms with Crippen LogP contribution in [-0.2, 0) is 4.79 Å². The van der Waals surface area contributed by atoms with Crippen molar-refractivity contribution in [2.24, 2.45) is 5.92 Å². The molecule has 0 aromatic rings. The molecule has 3 nitrogen and oxygen atoms in total. The molecule has 0 spiro atoms. The standard InChI is InChI=1S/C16H30N2OS/c1-5-16(4)15(19)18(14(17-16)10-12(2)3)11-13-8-6-7-9-20-13/h12-14,17H,5-11H2,1-4H3. The molecule has 2 aliphatic rings. The first-order valence-corrected chi connectivity index (χ1v) is 9.21. The van der Waals surface area contributed by atoms with E-state index in [4.69, 9.17) is 0 Å². The Morgan fingerprint density at radius 3 is 2.75 bits per heavy atom. The second-order valence-electron chi connectivity index (χ2n) is 6.92. The van der Waals surface area contributed by atoms with Gasteiger partial charge in [0.2, 0.25) is 5.91 Å². The molecule has 0 aromatic heterocycles. The van der Waals surface area contributed by atoms with Crippen LogP contribution in [0.5, 0.6) is 0 Å². The van der Waals surface area contributed by atoms with E-state index in [9.17, 15) is 4.79 Å². The van der Waals surface area contributed by atoms with Gasteiger partial charge in [-0.05, 0) is 44.3 Å². The summed E-state index contributed by atoms with van der Waals surface area (Å²) in [6, 6.07) is 0. The Morgan fingerprint density at radius 1 is 1.45 bits per heavy atom. The maximum absolute atomic E-state index is 12.8. The number of thioether (sulfide) groups is 1. The van der Waals surface area contributed by atoms with Gasteiger partial charge in [0.25, 0.3) is 0 Å². The number of hydrogen-bond donors (Lipinski definition) is 1. The number of hydrogen-bond acceptors (Lipinski definition) is 3. The van der Waals surface area contributed by atoms with Crippen molar-refractivity contribution in [3.8, 4) is 0 Å². The van der Waals surface area contributed by atoms with Crippen LogP contribution >= 0.6 is 11.8 Å². The summed E-state index contributed by atoms with van der Waals surface area (Å²) in [6.45, 7) is 9.58. The lowest BCUT2D eigenvalue weighted by Crippen LogP contribution is -2.44. The molecular formula is C16H30N2OS. The third-order valence-electron chi connectivity index (χ3n) is 4.67. The van der Waals surface area contributed by atoms with Gasteiger partial charge in [0.1, 0.15) is 0 Å². The molecule has 0 bridgehead atoms. The van der Waals surface area contributed by atoms with Crippen LogP contribution in [0, 0.1) is 5.92 Å². The molecular weight excluding hydrogens is 268 g/mol. The van der Waals surface area contributed by atoms with E-state index in [1.807, 2.05) is 0 Å². The smallest absolute Gasteiger partial charge is 0.243 e. The molecule has 3 unspecified atom stereocenters. The molecule has 0 radical (unpaired) electrons. The molecule has 3 atom stereocenters. The van der Waals surface area contributed by atoms with Crippen molar-refractivity contribution in [3.05, 3.63) is 0 Å². The van der Waals surface area contributed by atoms with E-state index in [1.54, 1.807) is 0 Å². The van der Waals surface area contributed by atoms with Crippen molar-refractivity contribution < 1.29 is 4.79 Å². The summed E-state index contributed by atoms with van der Waals surface area (Å²) < 4.78 is 0. The minimum Gasteiger partial charge on any atom is -0.324 e. The van der Waals surface area contributed by atoms with Crippen LogP contribution in [0.4, 0.5) is 0 Å². The summed E-state index contributed by atoms with van der Waals surface area (Å²) in [7, 11) is 0. The molecule has 2 aliphatic heterocycles. The lowest BCUT2D eigenvalue weighted by atomic mass is 9.99. The SMILES string of the molecule is CCC1(C)NC(CC(C)C)N(CC2CCCCS2)C1=O. The van der Waals surface area contributed by atoms with Gasteiger partial charge in [-0.25, -0.2) is 0 Å². The van der Waals surface area contributed by atoms with E-state index >= 15 is 0 Å². The minimum atomic E-state index is -0.348. The van der Waals surface area contributed by atoms with Crippen molar-refractivity contribution in [2.75, 3.05) is 12.3 Å². The molecule has 2 saturated heterocycles. The molecule has 1 amide bonds. The largest absolute Gasteiger partial charge is 0.324 e. The van der Waals surface area contributed by atoms with Gasteiger partial charge in [-0.1, -0.05) is 27.2 Å². The summed E-state index contributed by atoms with van der Waals surface area (Å²) in [6.07, 6.45) is 6.09. The van der Waals surface area contributed by atoms with E-state index in [-0.39, 0.29) is 11.7 Å². The Morgan fingerprint density at radius 2 is 2.20 bits per heavy atom. The van der Waals surface area contributed by atoms with Crippen LogP contribution in [0.2, 0.25) is 0 Å². The zero-order valence-corrected chi connectivity index (χ0v) is 14.3. The van der Waals surface area contributed by atoms with E-state index in [0.717, 1.165) is 19.4 Å². The highest BCUT2D eigenvalue weighted by molar-refractivity contribution is 7.99. The van der Waals surface area contributed by atoms with Crippen molar-refractivity contribution in [3.63, 3.8) is 0 Å². The van der Waals surface area contributed by atoms with E-state index in [0.29, 0.717) is 17.1 Å². The molecule has 20 heavy (non-hydrogen) atoms. The monoisotopic (exact) mass is 298 g/mol. The van der Waals surface area contributed by atoms with Crippen LogP contribution in [0.25, 0.3) is 0 Å². The van der Waals surface area contributed by atoms with Crippen molar-refractivity contribution >= 4 is 17.7 Å². The number of rotatable bonds is 5. The molecule has 0 saturated carbocycles. The van der Waals surface area contributed by atoms with Gasteiger partial charge in [-0.2, -0.15) is 11.8 Å². The fraction of sp³-hybridized carbons (Fsp3) is 0.938. The van der Waals surface area contributed by atoms with Gasteiger partial charge in [0.05, 0.1) is 11.7 Å². The second kappa shape index (κ2) is 6.69. The van der Waals surface area contributed by atoms with Gasteiger partial charge < -0.3 is 4.90 Å². The Labute approximate surface area is 128 Å². The quantitative estimate of drug-likeness (QED) is 0.845. The van der Waals surface area contributed by atoms with Crippen LogP contribution in [-0.4, -0.2) is 40.1 Å². The first kappa shape index (κ1) is 16.2. The van der Waals surface area contributed by atoms with Crippen molar-refractivity contribution in [1.82, 2.24) is 10.2 Å². The van der Waals surface area contributed by atoms with Crippen LogP contribution in [0.3, 0.4) is 0 Å². The fourth-order valence-electron chi connectivity index (χ4n) is 3.23. The predicted molar refractivity (Wildman–Crippen MR) is 86.9 cm³/mol. The van der Waals surface area contributed by atoms with Crippen LogP contribution in [0.1, 0.15) is 59.8 Å². The van der Waals surface area contributed by atoms with Gasteiger partial charge in [-0.15, -0.1) is 0 Å². The third kappa shape index (κ3) is 3.51. The van der Waals surface area contributed by atoms with Crippen molar-refractivity contribution in [1.29, 1.82) is 0 Å². The van der Waals surface area contributed by atoms with Gasteiger partial charge in [0.15, 0.2) is 0 Å². The molecule has 116 valence electrons. The lowest BCUT2D eigenvalue weighted by Gasteiger charge is -2.31. The van der Waals surface area contributed by atoms with Crippen LogP contribution in [0.15, 0.2) is 0 Å². The Kier molecular flexibility index (Phi) is 5.41. The number of carbonyl (C=O) groups excluding carboxylic acids is 1. The highest BCUT2D eigenvalue weighted by Gasteiger charge is 2.47. The van der Waals surface area contributed by atoms with Crippen LogP contribution < -0.4 is 5.32 Å². The predicted octanol–water partition coefficient (Wildman–Crippen LogP) is 3.24. The summed E-state index contributed by atoms with van der Waals surface area (Å²) in [5.74, 6) is 2.19. The zero-order valence-electron chi connectivity index (χ0n) is 13.4. The molecule has 2 heterocycles. The van der Waals surface area contributed by atoms with E-state index in [2.05, 4.69) is 49.7 Å². The van der Waals surface area contributed by atoms with Gasteiger partial charge in [-0.3, -0.25) is 10.1 Å². The highest BCUT2D eigenvalue weighted by Crippen LogP contribution is 2.31. The zero-order chi connectivity index (χ0) is 14.8. The minimum absolute atomic E-state index is 0.231. The normalized spacial score (nSPS) is 35.0. The fourth-order valence-corrected chi connectivity index (χ4v) is 4.54. The molecule has 0 aliphatic carbocycles. The maximum Gasteiger partial charge on any atom is 0.243 e. The maximum atomic E-state index is 12.8. The highest BCUT2D eigenvalue weighted by atomic mass is 32.2. The Hall–Kier alpha value is -0.220. The topological polar surface area (TPSA) is 32.3 Å². The Bertz CT molecular complexity index is 341. The molecule has 2 rings (SSSR count). The number of nitrogens with one attached hydrogen (secondary N) is 1. The number of carbonyl (C=O) groups is 1. The first-order chi connectivity index (χ1) is 9.46. The van der Waals surface area contributed by atoms with Crippen molar-refractivity contribution in [2.45, 2.75) is 76.8 Å². The summed E-state index contributed by atoms with van der Waals surface area (Å²) >= 11 is 2.06. The van der Waals surface area contributed by atoms with E-state index in [1.165, 1.54) is 25.0 Å². The molecule has 4 heteroatoms. The number of amides is 1. The Balaban J connectivity index is 2.06. The lowest BCUT2D eigenvalue weighted by molar-refractivity contribution is -0.133. The van der Waals surface area contributed by atoms with Gasteiger partial charge in [0, 0.05) is 11.8 Å². The first-order valence-electron chi connectivity index (χ1n) is 8.16. The average Bonchev–Trinajstić information content (AvgIpc) is 2.65. The molecule has 1 N–H and O–H groups in total. The molecule has 0 aromatic carbocycles. The van der Waals surface area contributed by atoms with E-state index < -0.39 is 0 Å². The number of nitrogens with zero attached hydrogens (tertiary/aromatic N) is 1. The second-order valence-corrected chi connectivity index (χ2v) is 8.33.